The van der Waals surface area contributed by atoms with Gasteiger partial charge in [0.2, 0.25) is 0 Å². The minimum atomic E-state index is 0.102. The average Bonchev–Trinajstić information content (AvgIpc) is 3.21. The Kier molecular flexibility index (Phi) is 4.33. The molecule has 0 amide bonds. The van der Waals surface area contributed by atoms with Crippen LogP contribution in [0, 0.1) is 5.92 Å². The van der Waals surface area contributed by atoms with Gasteiger partial charge in [0.1, 0.15) is 0 Å². The number of ether oxygens (including phenoxy) is 1. The molecule has 2 aliphatic rings. The average molecular weight is 300 g/mol. The van der Waals surface area contributed by atoms with Crippen molar-refractivity contribution in [1.82, 2.24) is 5.32 Å². The van der Waals surface area contributed by atoms with Gasteiger partial charge in [0.25, 0.3) is 0 Å². The van der Waals surface area contributed by atoms with Crippen molar-refractivity contribution in [3.05, 3.63) is 33.8 Å². The van der Waals surface area contributed by atoms with Gasteiger partial charge in [0.15, 0.2) is 0 Å². The largest absolute Gasteiger partial charge is 0.373 e. The Morgan fingerprint density at radius 2 is 2.05 bits per heavy atom. The predicted octanol–water partition coefficient (Wildman–Crippen LogP) is 4.21. The van der Waals surface area contributed by atoms with Crippen LogP contribution in [0.2, 0.25) is 10.0 Å². The van der Waals surface area contributed by atoms with Crippen LogP contribution >= 0.6 is 23.2 Å². The summed E-state index contributed by atoms with van der Waals surface area (Å²) in [5, 5.41) is 5.00. The molecule has 1 saturated carbocycles. The van der Waals surface area contributed by atoms with Crippen molar-refractivity contribution in [3.8, 4) is 0 Å². The van der Waals surface area contributed by atoms with Crippen LogP contribution in [0.5, 0.6) is 0 Å². The van der Waals surface area contributed by atoms with E-state index in [1.807, 2.05) is 18.2 Å². The van der Waals surface area contributed by atoms with Gasteiger partial charge >= 0.3 is 0 Å². The Hall–Kier alpha value is -0.280. The third-order valence-electron chi connectivity index (χ3n) is 3.96. The van der Waals surface area contributed by atoms with Crippen molar-refractivity contribution in [2.45, 2.75) is 37.8 Å². The van der Waals surface area contributed by atoms with Gasteiger partial charge in [-0.3, -0.25) is 0 Å². The molecule has 2 atom stereocenters. The molecule has 1 saturated heterocycles. The Bertz CT molecular complexity index is 448. The molecule has 1 N–H and O–H groups in total. The first kappa shape index (κ1) is 13.7. The summed E-state index contributed by atoms with van der Waals surface area (Å²) >= 11 is 12.3. The molecule has 4 heteroatoms. The van der Waals surface area contributed by atoms with E-state index in [9.17, 15) is 0 Å². The molecular weight excluding hydrogens is 281 g/mol. The molecule has 0 bridgehead atoms. The van der Waals surface area contributed by atoms with Crippen molar-refractivity contribution < 1.29 is 4.74 Å². The number of nitrogens with one attached hydrogen (secondary N) is 1. The molecule has 1 heterocycles. The summed E-state index contributed by atoms with van der Waals surface area (Å²) in [4.78, 5) is 0. The van der Waals surface area contributed by atoms with Crippen LogP contribution in [0.4, 0.5) is 0 Å². The van der Waals surface area contributed by atoms with Crippen molar-refractivity contribution >= 4 is 23.2 Å². The normalized spacial score (nSPS) is 27.5. The lowest BCUT2D eigenvalue weighted by Crippen LogP contribution is -2.33. The Morgan fingerprint density at radius 3 is 2.79 bits per heavy atom. The number of halogens is 2. The molecule has 19 heavy (non-hydrogen) atoms. The standard InChI is InChI=1S/C15H19Cl2NO/c16-11-3-6-13(14(17)8-11)15-10(2-1-7-19-15)9-18-12-4-5-12/h3,6,8,10,12,15,18H,1-2,4-5,7,9H2. The van der Waals surface area contributed by atoms with Gasteiger partial charge in [-0.2, -0.15) is 0 Å². The zero-order valence-electron chi connectivity index (χ0n) is 10.9. The van der Waals surface area contributed by atoms with Gasteiger partial charge < -0.3 is 10.1 Å². The van der Waals surface area contributed by atoms with E-state index >= 15 is 0 Å². The first-order valence-electron chi connectivity index (χ1n) is 7.04. The molecule has 2 fully saturated rings. The van der Waals surface area contributed by atoms with E-state index in [2.05, 4.69) is 5.32 Å². The maximum atomic E-state index is 6.32. The van der Waals surface area contributed by atoms with E-state index in [0.717, 1.165) is 36.2 Å². The third-order valence-corrected chi connectivity index (χ3v) is 4.52. The topological polar surface area (TPSA) is 21.3 Å². The van der Waals surface area contributed by atoms with Crippen LogP contribution in [0.25, 0.3) is 0 Å². The summed E-state index contributed by atoms with van der Waals surface area (Å²) < 4.78 is 5.98. The summed E-state index contributed by atoms with van der Waals surface area (Å²) in [6.07, 6.45) is 5.08. The SMILES string of the molecule is Clc1ccc(C2OCCCC2CNC2CC2)c(Cl)c1. The Balaban J connectivity index is 1.74. The molecule has 2 unspecified atom stereocenters. The highest BCUT2D eigenvalue weighted by Crippen LogP contribution is 2.38. The molecule has 0 spiro atoms. The molecule has 0 aromatic heterocycles. The highest BCUT2D eigenvalue weighted by molar-refractivity contribution is 6.35. The second kappa shape index (κ2) is 6.01. The van der Waals surface area contributed by atoms with Crippen LogP contribution in [0.3, 0.4) is 0 Å². The quantitative estimate of drug-likeness (QED) is 0.899. The van der Waals surface area contributed by atoms with E-state index in [1.165, 1.54) is 19.3 Å². The number of rotatable bonds is 4. The van der Waals surface area contributed by atoms with E-state index in [1.54, 1.807) is 0 Å². The van der Waals surface area contributed by atoms with Crippen LogP contribution in [-0.2, 0) is 4.74 Å². The Morgan fingerprint density at radius 1 is 1.21 bits per heavy atom. The van der Waals surface area contributed by atoms with Crippen molar-refractivity contribution in [3.63, 3.8) is 0 Å². The number of hydrogen-bond acceptors (Lipinski definition) is 2. The summed E-state index contributed by atoms with van der Waals surface area (Å²) in [7, 11) is 0. The molecule has 1 aliphatic heterocycles. The van der Waals surface area contributed by atoms with E-state index in [0.29, 0.717) is 10.9 Å². The lowest BCUT2D eigenvalue weighted by Gasteiger charge is -2.33. The summed E-state index contributed by atoms with van der Waals surface area (Å²) in [5.41, 5.74) is 1.08. The molecule has 2 nitrogen and oxygen atoms in total. The van der Waals surface area contributed by atoms with E-state index < -0.39 is 0 Å². The molecule has 1 aromatic carbocycles. The van der Waals surface area contributed by atoms with Crippen molar-refractivity contribution in [2.24, 2.45) is 5.92 Å². The molecule has 104 valence electrons. The highest BCUT2D eigenvalue weighted by atomic mass is 35.5. The molecule has 1 aliphatic carbocycles. The second-order valence-electron chi connectivity index (χ2n) is 5.54. The zero-order chi connectivity index (χ0) is 13.2. The molecular formula is C15H19Cl2NO. The monoisotopic (exact) mass is 299 g/mol. The first-order chi connectivity index (χ1) is 9.24. The Labute approximate surface area is 124 Å². The predicted molar refractivity (Wildman–Crippen MR) is 78.9 cm³/mol. The van der Waals surface area contributed by atoms with E-state index in [4.69, 9.17) is 27.9 Å². The highest BCUT2D eigenvalue weighted by Gasteiger charge is 2.30. The zero-order valence-corrected chi connectivity index (χ0v) is 12.4. The fraction of sp³-hybridized carbons (Fsp3) is 0.600. The molecule has 1 aromatic rings. The first-order valence-corrected chi connectivity index (χ1v) is 7.79. The fourth-order valence-electron chi connectivity index (χ4n) is 2.73. The number of hydrogen-bond donors (Lipinski definition) is 1. The summed E-state index contributed by atoms with van der Waals surface area (Å²) in [5.74, 6) is 0.507. The minimum absolute atomic E-state index is 0.102. The lowest BCUT2D eigenvalue weighted by molar-refractivity contribution is -0.0278. The third kappa shape index (κ3) is 3.43. The van der Waals surface area contributed by atoms with Crippen LogP contribution in [0.15, 0.2) is 18.2 Å². The van der Waals surface area contributed by atoms with Gasteiger partial charge in [-0.05, 0) is 43.4 Å². The van der Waals surface area contributed by atoms with Gasteiger partial charge in [0, 0.05) is 35.2 Å². The van der Waals surface area contributed by atoms with E-state index in [-0.39, 0.29) is 6.10 Å². The maximum absolute atomic E-state index is 6.32. The van der Waals surface area contributed by atoms with Gasteiger partial charge in [-0.25, -0.2) is 0 Å². The lowest BCUT2D eigenvalue weighted by atomic mass is 9.89. The second-order valence-corrected chi connectivity index (χ2v) is 6.39. The molecule has 0 radical (unpaired) electrons. The summed E-state index contributed by atoms with van der Waals surface area (Å²) in [6, 6.07) is 6.45. The number of benzene rings is 1. The van der Waals surface area contributed by atoms with Gasteiger partial charge in [-0.15, -0.1) is 0 Å². The van der Waals surface area contributed by atoms with Gasteiger partial charge in [-0.1, -0.05) is 29.3 Å². The minimum Gasteiger partial charge on any atom is -0.373 e. The summed E-state index contributed by atoms with van der Waals surface area (Å²) in [6.45, 7) is 1.85. The maximum Gasteiger partial charge on any atom is 0.0879 e. The van der Waals surface area contributed by atoms with Crippen LogP contribution in [0.1, 0.15) is 37.4 Å². The van der Waals surface area contributed by atoms with Crippen LogP contribution in [-0.4, -0.2) is 19.2 Å². The van der Waals surface area contributed by atoms with Crippen molar-refractivity contribution in [1.29, 1.82) is 0 Å². The fourth-order valence-corrected chi connectivity index (χ4v) is 3.25. The molecule has 3 rings (SSSR count). The van der Waals surface area contributed by atoms with Crippen molar-refractivity contribution in [2.75, 3.05) is 13.2 Å². The van der Waals surface area contributed by atoms with Crippen LogP contribution < -0.4 is 5.32 Å². The van der Waals surface area contributed by atoms with Gasteiger partial charge in [0.05, 0.1) is 6.10 Å². The smallest absolute Gasteiger partial charge is 0.0879 e.